The second kappa shape index (κ2) is 11.4. The number of aliphatic hydroxyl groups excluding tert-OH is 1. The van der Waals surface area contributed by atoms with Gasteiger partial charge in [0.05, 0.1) is 6.10 Å². The SMILES string of the molecule is CCNC(=NCCCN1CCC(O)CC1)NC1CCCN(c2ccc(C)cc2)C1. The molecule has 3 rings (SSSR count). The number of aliphatic hydroxyl groups is 1. The predicted octanol–water partition coefficient (Wildman–Crippen LogP) is 2.37. The fourth-order valence-electron chi connectivity index (χ4n) is 4.23. The van der Waals surface area contributed by atoms with E-state index in [0.717, 1.165) is 71.0 Å². The average molecular weight is 402 g/mol. The number of rotatable bonds is 7. The summed E-state index contributed by atoms with van der Waals surface area (Å²) in [5.41, 5.74) is 2.62. The molecule has 2 aliphatic rings. The summed E-state index contributed by atoms with van der Waals surface area (Å²) in [7, 11) is 0. The minimum Gasteiger partial charge on any atom is -0.393 e. The van der Waals surface area contributed by atoms with Crippen LogP contribution >= 0.6 is 0 Å². The van der Waals surface area contributed by atoms with Gasteiger partial charge in [-0.25, -0.2) is 0 Å². The first-order chi connectivity index (χ1) is 14.1. The fourth-order valence-corrected chi connectivity index (χ4v) is 4.23. The molecule has 2 aliphatic heterocycles. The molecule has 0 aliphatic carbocycles. The topological polar surface area (TPSA) is 63.1 Å². The van der Waals surface area contributed by atoms with Crippen LogP contribution in [0, 0.1) is 6.92 Å². The molecule has 6 heteroatoms. The van der Waals surface area contributed by atoms with Crippen molar-refractivity contribution in [3.8, 4) is 0 Å². The highest BCUT2D eigenvalue weighted by Crippen LogP contribution is 2.20. The summed E-state index contributed by atoms with van der Waals surface area (Å²) in [5.74, 6) is 0.942. The Kier molecular flexibility index (Phi) is 8.62. The third-order valence-corrected chi connectivity index (χ3v) is 5.97. The minimum atomic E-state index is -0.0937. The number of guanidine groups is 1. The van der Waals surface area contributed by atoms with Gasteiger partial charge < -0.3 is 25.5 Å². The Morgan fingerprint density at radius 1 is 1.14 bits per heavy atom. The second-order valence-electron chi connectivity index (χ2n) is 8.45. The molecule has 0 saturated carbocycles. The third-order valence-electron chi connectivity index (χ3n) is 5.97. The van der Waals surface area contributed by atoms with Crippen LogP contribution in [0.5, 0.6) is 0 Å². The molecule has 3 N–H and O–H groups in total. The van der Waals surface area contributed by atoms with Gasteiger partial charge in [0, 0.05) is 51.0 Å². The molecule has 162 valence electrons. The van der Waals surface area contributed by atoms with Gasteiger partial charge >= 0.3 is 0 Å². The molecule has 1 aromatic carbocycles. The molecule has 1 aromatic rings. The van der Waals surface area contributed by atoms with Crippen molar-refractivity contribution in [3.63, 3.8) is 0 Å². The number of likely N-dealkylation sites (tertiary alicyclic amines) is 1. The Balaban J connectivity index is 1.45. The average Bonchev–Trinajstić information content (AvgIpc) is 2.73. The number of hydrogen-bond acceptors (Lipinski definition) is 4. The van der Waals surface area contributed by atoms with Crippen molar-refractivity contribution in [1.29, 1.82) is 0 Å². The second-order valence-corrected chi connectivity index (χ2v) is 8.45. The molecule has 0 bridgehead atoms. The van der Waals surface area contributed by atoms with E-state index in [9.17, 15) is 5.11 Å². The van der Waals surface area contributed by atoms with E-state index in [0.29, 0.717) is 6.04 Å². The molecule has 1 unspecified atom stereocenters. The number of anilines is 1. The number of aliphatic imine (C=N–C) groups is 1. The highest BCUT2D eigenvalue weighted by Gasteiger charge is 2.21. The highest BCUT2D eigenvalue weighted by atomic mass is 16.3. The largest absolute Gasteiger partial charge is 0.393 e. The normalized spacial score (nSPS) is 22.0. The first kappa shape index (κ1) is 21.9. The zero-order valence-corrected chi connectivity index (χ0v) is 18.2. The van der Waals surface area contributed by atoms with E-state index < -0.39 is 0 Å². The van der Waals surface area contributed by atoms with E-state index in [1.54, 1.807) is 0 Å². The lowest BCUT2D eigenvalue weighted by atomic mass is 10.0. The molecular formula is C23H39N5O. The summed E-state index contributed by atoms with van der Waals surface area (Å²) < 4.78 is 0. The molecule has 2 heterocycles. The van der Waals surface area contributed by atoms with E-state index in [-0.39, 0.29) is 6.10 Å². The number of nitrogens with one attached hydrogen (secondary N) is 2. The van der Waals surface area contributed by atoms with Gasteiger partial charge in [0.2, 0.25) is 0 Å². The van der Waals surface area contributed by atoms with Crippen molar-refractivity contribution in [2.24, 2.45) is 4.99 Å². The van der Waals surface area contributed by atoms with Crippen LogP contribution in [-0.4, -0.2) is 73.9 Å². The highest BCUT2D eigenvalue weighted by molar-refractivity contribution is 5.80. The van der Waals surface area contributed by atoms with Gasteiger partial charge in [0.1, 0.15) is 0 Å². The lowest BCUT2D eigenvalue weighted by Crippen LogP contribution is -2.51. The molecule has 0 aromatic heterocycles. The number of benzene rings is 1. The standard InChI is InChI=1S/C23H39N5O/c1-3-24-23(25-13-5-14-27-16-11-22(29)12-17-27)26-20-6-4-15-28(18-20)21-9-7-19(2)8-10-21/h7-10,20,22,29H,3-6,11-18H2,1-2H3,(H2,24,25,26). The number of nitrogens with zero attached hydrogens (tertiary/aromatic N) is 3. The Labute approximate surface area is 176 Å². The van der Waals surface area contributed by atoms with Crippen molar-refractivity contribution in [2.75, 3.05) is 50.7 Å². The maximum Gasteiger partial charge on any atom is 0.191 e. The maximum atomic E-state index is 9.62. The summed E-state index contributed by atoms with van der Waals surface area (Å²) in [5, 5.41) is 16.7. The molecule has 6 nitrogen and oxygen atoms in total. The van der Waals surface area contributed by atoms with Gasteiger partial charge in [-0.2, -0.15) is 0 Å². The quantitative estimate of drug-likeness (QED) is 0.372. The molecule has 1 atom stereocenters. The van der Waals surface area contributed by atoms with Gasteiger partial charge in [-0.3, -0.25) is 4.99 Å². The number of aryl methyl sites for hydroxylation is 1. The first-order valence-electron chi connectivity index (χ1n) is 11.4. The summed E-state index contributed by atoms with van der Waals surface area (Å²) in [6.07, 6.45) is 5.17. The summed E-state index contributed by atoms with van der Waals surface area (Å²) in [6, 6.07) is 9.28. The Morgan fingerprint density at radius 3 is 2.62 bits per heavy atom. The maximum absolute atomic E-state index is 9.62. The summed E-state index contributed by atoms with van der Waals surface area (Å²) >= 11 is 0. The molecule has 0 radical (unpaired) electrons. The summed E-state index contributed by atoms with van der Waals surface area (Å²) in [6.45, 7) is 11.2. The Hall–Kier alpha value is -1.79. The van der Waals surface area contributed by atoms with Gasteiger partial charge in [-0.1, -0.05) is 17.7 Å². The van der Waals surface area contributed by atoms with Gasteiger partial charge in [0.15, 0.2) is 5.96 Å². The van der Waals surface area contributed by atoms with E-state index in [1.807, 2.05) is 0 Å². The van der Waals surface area contributed by atoms with Crippen LogP contribution in [0.25, 0.3) is 0 Å². The number of hydrogen-bond donors (Lipinski definition) is 3. The van der Waals surface area contributed by atoms with Crippen molar-refractivity contribution in [1.82, 2.24) is 15.5 Å². The third kappa shape index (κ3) is 7.19. The number of piperidine rings is 2. The van der Waals surface area contributed by atoms with Gasteiger partial charge in [-0.05, 0) is 64.6 Å². The van der Waals surface area contributed by atoms with Crippen LogP contribution in [0.1, 0.15) is 44.6 Å². The lowest BCUT2D eigenvalue weighted by molar-refractivity contribution is 0.0824. The summed E-state index contributed by atoms with van der Waals surface area (Å²) in [4.78, 5) is 9.74. The Morgan fingerprint density at radius 2 is 1.90 bits per heavy atom. The molecule has 2 fully saturated rings. The van der Waals surface area contributed by atoms with Crippen molar-refractivity contribution >= 4 is 11.6 Å². The van der Waals surface area contributed by atoms with Crippen LogP contribution < -0.4 is 15.5 Å². The van der Waals surface area contributed by atoms with Gasteiger partial charge in [-0.15, -0.1) is 0 Å². The van der Waals surface area contributed by atoms with Crippen LogP contribution in [-0.2, 0) is 0 Å². The van der Waals surface area contributed by atoms with Gasteiger partial charge in [0.25, 0.3) is 0 Å². The van der Waals surface area contributed by atoms with E-state index in [1.165, 1.54) is 24.1 Å². The van der Waals surface area contributed by atoms with Crippen LogP contribution in [0.3, 0.4) is 0 Å². The lowest BCUT2D eigenvalue weighted by Gasteiger charge is -2.35. The molecule has 29 heavy (non-hydrogen) atoms. The first-order valence-corrected chi connectivity index (χ1v) is 11.4. The van der Waals surface area contributed by atoms with Crippen molar-refractivity contribution in [3.05, 3.63) is 29.8 Å². The zero-order chi connectivity index (χ0) is 20.5. The van der Waals surface area contributed by atoms with Crippen molar-refractivity contribution < 1.29 is 5.11 Å². The molecular weight excluding hydrogens is 362 g/mol. The monoisotopic (exact) mass is 401 g/mol. The zero-order valence-electron chi connectivity index (χ0n) is 18.2. The van der Waals surface area contributed by atoms with E-state index in [2.05, 4.69) is 58.5 Å². The molecule has 0 amide bonds. The molecule has 2 saturated heterocycles. The van der Waals surface area contributed by atoms with E-state index in [4.69, 9.17) is 4.99 Å². The predicted molar refractivity (Wildman–Crippen MR) is 122 cm³/mol. The van der Waals surface area contributed by atoms with Crippen LogP contribution in [0.4, 0.5) is 5.69 Å². The van der Waals surface area contributed by atoms with Crippen molar-refractivity contribution in [2.45, 2.75) is 58.1 Å². The van der Waals surface area contributed by atoms with Crippen LogP contribution in [0.15, 0.2) is 29.3 Å². The molecule has 0 spiro atoms. The smallest absolute Gasteiger partial charge is 0.191 e. The Bertz CT molecular complexity index is 625. The van der Waals surface area contributed by atoms with Crippen LogP contribution in [0.2, 0.25) is 0 Å². The fraction of sp³-hybridized carbons (Fsp3) is 0.696. The van der Waals surface area contributed by atoms with E-state index >= 15 is 0 Å². The minimum absolute atomic E-state index is 0.0937.